The van der Waals surface area contributed by atoms with Gasteiger partial charge in [-0.1, -0.05) is 49.0 Å². The number of nitrogens with zero attached hydrogens (tertiary/aromatic N) is 1. The van der Waals surface area contributed by atoms with Crippen molar-refractivity contribution in [2.24, 2.45) is 0 Å². The van der Waals surface area contributed by atoms with Crippen molar-refractivity contribution in [1.82, 2.24) is 0 Å². The van der Waals surface area contributed by atoms with Crippen molar-refractivity contribution in [2.75, 3.05) is 11.4 Å². The maximum atomic E-state index is 11.5. The molecule has 0 unspecified atom stereocenters. The monoisotopic (exact) mass is 315 g/mol. The average Bonchev–Trinajstić information content (AvgIpc) is 2.54. The summed E-state index contributed by atoms with van der Waals surface area (Å²) in [5, 5.41) is 9.47. The molecule has 1 atom stereocenters. The molecule has 0 bridgehead atoms. The predicted octanol–water partition coefficient (Wildman–Crippen LogP) is 4.53. The highest BCUT2D eigenvalue weighted by atomic mass is 32.2. The number of hydrogen-bond acceptors (Lipinski definition) is 3. The van der Waals surface area contributed by atoms with Crippen LogP contribution in [0.5, 0.6) is 0 Å². The fourth-order valence-corrected chi connectivity index (χ4v) is 3.47. The van der Waals surface area contributed by atoms with Crippen LogP contribution in [0.4, 0.5) is 5.69 Å². The molecule has 0 aliphatic carbocycles. The molecule has 2 rings (SSSR count). The van der Waals surface area contributed by atoms with Gasteiger partial charge in [0.25, 0.3) is 0 Å². The molecule has 3 nitrogen and oxygen atoms in total. The van der Waals surface area contributed by atoms with Crippen LogP contribution in [0, 0.1) is 0 Å². The standard InChI is InChI=1S/C18H21NO2S/c1-3-15(18(20)21)19(4-2)16-12-8-9-13-17(16)22-14-10-6-5-7-11-14/h5-13,15H,3-4H2,1-2H3,(H,20,21)/t15-/m1/s1. The largest absolute Gasteiger partial charge is 0.480 e. The summed E-state index contributed by atoms with van der Waals surface area (Å²) < 4.78 is 0. The topological polar surface area (TPSA) is 40.5 Å². The van der Waals surface area contributed by atoms with Crippen LogP contribution in [0.2, 0.25) is 0 Å². The fraction of sp³-hybridized carbons (Fsp3) is 0.278. The van der Waals surface area contributed by atoms with Gasteiger partial charge in [0.15, 0.2) is 0 Å². The van der Waals surface area contributed by atoms with Crippen LogP contribution in [-0.2, 0) is 4.79 Å². The highest BCUT2D eigenvalue weighted by Crippen LogP contribution is 2.36. The molecule has 0 aliphatic rings. The van der Waals surface area contributed by atoms with Crippen molar-refractivity contribution in [3.05, 3.63) is 54.6 Å². The zero-order chi connectivity index (χ0) is 15.9. The van der Waals surface area contributed by atoms with Crippen LogP contribution >= 0.6 is 11.8 Å². The zero-order valence-corrected chi connectivity index (χ0v) is 13.7. The number of carboxylic acids is 1. The summed E-state index contributed by atoms with van der Waals surface area (Å²) in [6.45, 7) is 4.57. The Bertz CT molecular complexity index is 615. The van der Waals surface area contributed by atoms with E-state index in [1.165, 1.54) is 0 Å². The summed E-state index contributed by atoms with van der Waals surface area (Å²) in [5.41, 5.74) is 0.980. The average molecular weight is 315 g/mol. The molecule has 0 fully saturated rings. The first-order valence-electron chi connectivity index (χ1n) is 7.48. The smallest absolute Gasteiger partial charge is 0.326 e. The van der Waals surface area contributed by atoms with Crippen molar-refractivity contribution in [3.63, 3.8) is 0 Å². The molecule has 0 spiro atoms. The Balaban J connectivity index is 2.35. The highest BCUT2D eigenvalue weighted by Gasteiger charge is 2.24. The molecule has 0 saturated carbocycles. The van der Waals surface area contributed by atoms with E-state index in [1.54, 1.807) is 11.8 Å². The van der Waals surface area contributed by atoms with Gasteiger partial charge in [-0.2, -0.15) is 0 Å². The molecule has 4 heteroatoms. The van der Waals surface area contributed by atoms with Gasteiger partial charge in [-0.15, -0.1) is 0 Å². The van der Waals surface area contributed by atoms with Crippen molar-refractivity contribution < 1.29 is 9.90 Å². The molecule has 0 amide bonds. The molecule has 22 heavy (non-hydrogen) atoms. The third-order valence-corrected chi connectivity index (χ3v) is 4.61. The van der Waals surface area contributed by atoms with Crippen LogP contribution in [0.3, 0.4) is 0 Å². The van der Waals surface area contributed by atoms with E-state index in [0.717, 1.165) is 15.5 Å². The fourth-order valence-electron chi connectivity index (χ4n) is 2.48. The Morgan fingerprint density at radius 1 is 1.09 bits per heavy atom. The normalized spacial score (nSPS) is 11.9. The van der Waals surface area contributed by atoms with E-state index < -0.39 is 12.0 Å². The molecule has 1 N–H and O–H groups in total. The first-order chi connectivity index (χ1) is 10.7. The predicted molar refractivity (Wildman–Crippen MR) is 91.7 cm³/mol. The summed E-state index contributed by atoms with van der Waals surface area (Å²) in [6.07, 6.45) is 0.577. The molecule has 116 valence electrons. The van der Waals surface area contributed by atoms with E-state index in [-0.39, 0.29) is 0 Å². The highest BCUT2D eigenvalue weighted by molar-refractivity contribution is 7.99. The Hall–Kier alpha value is -1.94. The minimum Gasteiger partial charge on any atom is -0.480 e. The van der Waals surface area contributed by atoms with Crippen LogP contribution < -0.4 is 4.90 Å². The molecule has 2 aromatic carbocycles. The summed E-state index contributed by atoms with van der Waals surface area (Å²) in [4.78, 5) is 15.7. The number of carbonyl (C=O) groups is 1. The van der Waals surface area contributed by atoms with Gasteiger partial charge in [0.1, 0.15) is 6.04 Å². The minimum absolute atomic E-state index is 0.498. The van der Waals surface area contributed by atoms with Gasteiger partial charge in [0.05, 0.1) is 5.69 Å². The Labute approximate surface area is 136 Å². The molecule has 0 radical (unpaired) electrons. The SMILES string of the molecule is CC[C@H](C(=O)O)N(CC)c1ccccc1Sc1ccccc1. The summed E-state index contributed by atoms with van der Waals surface area (Å²) >= 11 is 1.66. The van der Waals surface area contributed by atoms with Crippen LogP contribution in [-0.4, -0.2) is 23.7 Å². The number of carboxylic acid groups (broad SMARTS) is 1. The quantitative estimate of drug-likeness (QED) is 0.815. The van der Waals surface area contributed by atoms with E-state index in [2.05, 4.69) is 12.1 Å². The molecular weight excluding hydrogens is 294 g/mol. The van der Waals surface area contributed by atoms with E-state index in [0.29, 0.717) is 13.0 Å². The van der Waals surface area contributed by atoms with Gasteiger partial charge < -0.3 is 10.0 Å². The molecule has 2 aromatic rings. The van der Waals surface area contributed by atoms with E-state index in [9.17, 15) is 9.90 Å². The number of likely N-dealkylation sites (N-methyl/N-ethyl adjacent to an activating group) is 1. The number of benzene rings is 2. The second-order valence-electron chi connectivity index (χ2n) is 4.93. The molecule has 0 aliphatic heterocycles. The van der Waals surface area contributed by atoms with Gasteiger partial charge in [0, 0.05) is 16.3 Å². The first kappa shape index (κ1) is 16.4. The molecule has 0 saturated heterocycles. The van der Waals surface area contributed by atoms with Gasteiger partial charge >= 0.3 is 5.97 Å². The van der Waals surface area contributed by atoms with Crippen molar-refractivity contribution in [2.45, 2.75) is 36.1 Å². The summed E-state index contributed by atoms with van der Waals surface area (Å²) in [6, 6.07) is 17.6. The third-order valence-electron chi connectivity index (χ3n) is 3.53. The summed E-state index contributed by atoms with van der Waals surface area (Å²) in [7, 11) is 0. The molecule has 0 aromatic heterocycles. The summed E-state index contributed by atoms with van der Waals surface area (Å²) in [5.74, 6) is -0.774. The van der Waals surface area contributed by atoms with E-state index in [4.69, 9.17) is 0 Å². The lowest BCUT2D eigenvalue weighted by molar-refractivity contribution is -0.138. The lowest BCUT2D eigenvalue weighted by Gasteiger charge is -2.30. The Morgan fingerprint density at radius 2 is 1.73 bits per heavy atom. The lowest BCUT2D eigenvalue weighted by Crippen LogP contribution is -2.41. The number of aliphatic carboxylic acids is 1. The first-order valence-corrected chi connectivity index (χ1v) is 8.30. The van der Waals surface area contributed by atoms with Crippen LogP contribution in [0.25, 0.3) is 0 Å². The maximum absolute atomic E-state index is 11.5. The number of rotatable bonds is 7. The Morgan fingerprint density at radius 3 is 2.32 bits per heavy atom. The van der Waals surface area contributed by atoms with Gasteiger partial charge in [-0.05, 0) is 37.6 Å². The second kappa shape index (κ2) is 7.90. The number of hydrogen-bond donors (Lipinski definition) is 1. The zero-order valence-electron chi connectivity index (χ0n) is 12.9. The van der Waals surface area contributed by atoms with E-state index >= 15 is 0 Å². The Kier molecular flexibility index (Phi) is 5.90. The van der Waals surface area contributed by atoms with Crippen LogP contribution in [0.1, 0.15) is 20.3 Å². The maximum Gasteiger partial charge on any atom is 0.326 e. The molecule has 0 heterocycles. The van der Waals surface area contributed by atoms with Crippen molar-refractivity contribution in [3.8, 4) is 0 Å². The van der Waals surface area contributed by atoms with Gasteiger partial charge in [-0.25, -0.2) is 4.79 Å². The van der Waals surface area contributed by atoms with Crippen LogP contribution in [0.15, 0.2) is 64.4 Å². The third kappa shape index (κ3) is 3.83. The van der Waals surface area contributed by atoms with E-state index in [1.807, 2.05) is 61.2 Å². The number of anilines is 1. The van der Waals surface area contributed by atoms with Gasteiger partial charge in [-0.3, -0.25) is 0 Å². The lowest BCUT2D eigenvalue weighted by atomic mass is 10.1. The van der Waals surface area contributed by atoms with Gasteiger partial charge in [0.2, 0.25) is 0 Å². The number of para-hydroxylation sites is 1. The second-order valence-corrected chi connectivity index (χ2v) is 6.05. The minimum atomic E-state index is -0.774. The molecular formula is C18H21NO2S. The van der Waals surface area contributed by atoms with Crippen molar-refractivity contribution >= 4 is 23.4 Å². The van der Waals surface area contributed by atoms with Crippen molar-refractivity contribution in [1.29, 1.82) is 0 Å².